The van der Waals surface area contributed by atoms with Crippen molar-refractivity contribution in [3.05, 3.63) is 29.3 Å². The van der Waals surface area contributed by atoms with Gasteiger partial charge in [-0.25, -0.2) is 8.42 Å². The number of sulfone groups is 1. The van der Waals surface area contributed by atoms with Crippen LogP contribution in [0.3, 0.4) is 0 Å². The summed E-state index contributed by atoms with van der Waals surface area (Å²) < 4.78 is 23.0. The zero-order chi connectivity index (χ0) is 14.5. The van der Waals surface area contributed by atoms with Crippen LogP contribution < -0.4 is 5.32 Å². The topological polar surface area (TPSA) is 87.0 Å². The molecular formula is C13H16N2O3S. The fourth-order valence-electron chi connectivity index (χ4n) is 1.72. The Balaban J connectivity index is 2.68. The summed E-state index contributed by atoms with van der Waals surface area (Å²) in [6, 6.07) is 7.25. The average molecular weight is 280 g/mol. The first-order valence-corrected chi connectivity index (χ1v) is 7.60. The van der Waals surface area contributed by atoms with E-state index in [2.05, 4.69) is 5.32 Å². The molecule has 0 spiro atoms. The van der Waals surface area contributed by atoms with Crippen LogP contribution in [0.1, 0.15) is 17.5 Å². The minimum atomic E-state index is -3.52. The minimum Gasteiger partial charge on any atom is -0.325 e. The molecule has 0 fully saturated rings. The molecule has 0 aliphatic carbocycles. The van der Waals surface area contributed by atoms with Gasteiger partial charge in [0.25, 0.3) is 0 Å². The first kappa shape index (κ1) is 15.2. The zero-order valence-corrected chi connectivity index (χ0v) is 11.8. The first-order chi connectivity index (χ1) is 8.82. The fourth-order valence-corrected chi connectivity index (χ4v) is 2.74. The normalized spacial score (nSPS) is 10.8. The molecule has 0 saturated carbocycles. The smallest absolute Gasteiger partial charge is 0.239 e. The van der Waals surface area contributed by atoms with E-state index < -0.39 is 21.5 Å². The minimum absolute atomic E-state index is 0.0980. The maximum Gasteiger partial charge on any atom is 0.239 e. The molecule has 1 aromatic carbocycles. The molecule has 1 rings (SSSR count). The number of rotatable bonds is 5. The summed E-state index contributed by atoms with van der Waals surface area (Å²) >= 11 is 0. The first-order valence-electron chi connectivity index (χ1n) is 5.78. The monoisotopic (exact) mass is 280 g/mol. The Morgan fingerprint density at radius 2 is 1.84 bits per heavy atom. The summed E-state index contributed by atoms with van der Waals surface area (Å²) in [5, 5.41) is 10.9. The molecule has 0 aliphatic rings. The van der Waals surface area contributed by atoms with Crippen molar-refractivity contribution < 1.29 is 13.2 Å². The van der Waals surface area contributed by atoms with Gasteiger partial charge < -0.3 is 5.32 Å². The van der Waals surface area contributed by atoms with E-state index >= 15 is 0 Å². The molecule has 19 heavy (non-hydrogen) atoms. The van der Waals surface area contributed by atoms with Gasteiger partial charge in [-0.05, 0) is 37.1 Å². The lowest BCUT2D eigenvalue weighted by Gasteiger charge is -2.07. The largest absolute Gasteiger partial charge is 0.325 e. The van der Waals surface area contributed by atoms with Crippen molar-refractivity contribution in [2.24, 2.45) is 0 Å². The van der Waals surface area contributed by atoms with Gasteiger partial charge in [0.2, 0.25) is 5.91 Å². The zero-order valence-electron chi connectivity index (χ0n) is 10.9. The van der Waals surface area contributed by atoms with Gasteiger partial charge in [-0.3, -0.25) is 4.79 Å². The van der Waals surface area contributed by atoms with E-state index in [1.807, 2.05) is 19.9 Å². The Bertz CT molecular complexity index is 595. The maximum absolute atomic E-state index is 11.6. The molecule has 0 unspecified atom stereocenters. The Morgan fingerprint density at radius 3 is 2.37 bits per heavy atom. The Labute approximate surface area is 113 Å². The second-order valence-corrected chi connectivity index (χ2v) is 6.61. The van der Waals surface area contributed by atoms with Crippen LogP contribution in [0.2, 0.25) is 0 Å². The van der Waals surface area contributed by atoms with E-state index in [9.17, 15) is 13.2 Å². The molecule has 0 saturated heterocycles. The lowest BCUT2D eigenvalue weighted by atomic mass is 10.1. The molecule has 6 heteroatoms. The van der Waals surface area contributed by atoms with Gasteiger partial charge in [0.05, 0.1) is 11.8 Å². The highest BCUT2D eigenvalue weighted by atomic mass is 32.2. The predicted octanol–water partition coefficient (Wildman–Crippen LogP) is 1.57. The van der Waals surface area contributed by atoms with Gasteiger partial charge in [0.1, 0.15) is 5.75 Å². The van der Waals surface area contributed by atoms with Crippen LogP contribution in [0.25, 0.3) is 0 Å². The van der Waals surface area contributed by atoms with Crippen LogP contribution in [-0.4, -0.2) is 25.8 Å². The van der Waals surface area contributed by atoms with Crippen molar-refractivity contribution in [2.75, 3.05) is 16.8 Å². The van der Waals surface area contributed by atoms with Crippen molar-refractivity contribution in [1.29, 1.82) is 5.26 Å². The number of aryl methyl sites for hydroxylation is 2. The number of hydrogen-bond acceptors (Lipinski definition) is 4. The molecule has 1 N–H and O–H groups in total. The molecule has 1 aromatic rings. The maximum atomic E-state index is 11.6. The fraction of sp³-hybridized carbons (Fsp3) is 0.385. The number of carbonyl (C=O) groups is 1. The number of anilines is 1. The lowest BCUT2D eigenvalue weighted by Crippen LogP contribution is -2.24. The number of nitrogens with one attached hydrogen (secondary N) is 1. The number of nitriles is 1. The van der Waals surface area contributed by atoms with Crippen LogP contribution in [0.5, 0.6) is 0 Å². The van der Waals surface area contributed by atoms with E-state index in [0.29, 0.717) is 5.69 Å². The van der Waals surface area contributed by atoms with Crippen LogP contribution in [-0.2, 0) is 14.6 Å². The van der Waals surface area contributed by atoms with E-state index in [4.69, 9.17) is 5.26 Å². The molecule has 0 radical (unpaired) electrons. The molecule has 5 nitrogen and oxygen atoms in total. The summed E-state index contributed by atoms with van der Waals surface area (Å²) in [6.07, 6.45) is -0.0980. The number of amides is 1. The summed E-state index contributed by atoms with van der Waals surface area (Å²) in [5.74, 6) is -1.46. The highest BCUT2D eigenvalue weighted by Gasteiger charge is 2.16. The Kier molecular flexibility index (Phi) is 5.07. The van der Waals surface area contributed by atoms with Gasteiger partial charge >= 0.3 is 0 Å². The van der Waals surface area contributed by atoms with Crippen LogP contribution in [0.4, 0.5) is 5.69 Å². The standard InChI is InChI=1S/C13H16N2O3S/c1-10-6-11(2)8-12(7-10)15-13(16)9-19(17,18)5-3-4-14/h6-8H,3,5,9H2,1-2H3,(H,15,16). The van der Waals surface area contributed by atoms with Gasteiger partial charge in [-0.15, -0.1) is 0 Å². The van der Waals surface area contributed by atoms with Gasteiger partial charge in [-0.2, -0.15) is 5.26 Å². The number of benzene rings is 1. The van der Waals surface area contributed by atoms with E-state index in [1.165, 1.54) is 0 Å². The summed E-state index contributed by atoms with van der Waals surface area (Å²) in [4.78, 5) is 11.6. The van der Waals surface area contributed by atoms with Crippen molar-refractivity contribution in [1.82, 2.24) is 0 Å². The Morgan fingerprint density at radius 1 is 1.26 bits per heavy atom. The number of hydrogen-bond donors (Lipinski definition) is 1. The third-order valence-corrected chi connectivity index (χ3v) is 3.91. The van der Waals surface area contributed by atoms with E-state index in [1.54, 1.807) is 18.2 Å². The van der Waals surface area contributed by atoms with Gasteiger partial charge in [0, 0.05) is 12.1 Å². The summed E-state index contributed by atoms with van der Waals surface area (Å²) in [7, 11) is -3.52. The molecule has 0 heterocycles. The quantitative estimate of drug-likeness (QED) is 0.886. The number of carbonyl (C=O) groups excluding carboxylic acids is 1. The van der Waals surface area contributed by atoms with Crippen molar-refractivity contribution in [2.45, 2.75) is 20.3 Å². The Hall–Kier alpha value is -1.87. The molecule has 1 amide bonds. The molecule has 0 aromatic heterocycles. The van der Waals surface area contributed by atoms with E-state index in [-0.39, 0.29) is 12.2 Å². The summed E-state index contributed by atoms with van der Waals surface area (Å²) in [5.41, 5.74) is 2.56. The van der Waals surface area contributed by atoms with Crippen LogP contribution >= 0.6 is 0 Å². The van der Waals surface area contributed by atoms with Gasteiger partial charge in [-0.1, -0.05) is 6.07 Å². The highest BCUT2D eigenvalue weighted by molar-refractivity contribution is 7.92. The lowest BCUT2D eigenvalue weighted by molar-refractivity contribution is -0.113. The molecule has 102 valence electrons. The average Bonchev–Trinajstić information content (AvgIpc) is 2.23. The number of nitrogens with zero attached hydrogens (tertiary/aromatic N) is 1. The second kappa shape index (κ2) is 6.34. The highest BCUT2D eigenvalue weighted by Crippen LogP contribution is 2.13. The van der Waals surface area contributed by atoms with Crippen LogP contribution in [0.15, 0.2) is 18.2 Å². The third-order valence-electron chi connectivity index (χ3n) is 2.38. The second-order valence-electron chi connectivity index (χ2n) is 4.42. The molecule has 0 atom stereocenters. The van der Waals surface area contributed by atoms with Crippen molar-refractivity contribution in [3.63, 3.8) is 0 Å². The molecule has 0 aliphatic heterocycles. The summed E-state index contributed by atoms with van der Waals surface area (Å²) in [6.45, 7) is 3.79. The van der Waals surface area contributed by atoms with Crippen LogP contribution in [0, 0.1) is 25.2 Å². The van der Waals surface area contributed by atoms with E-state index in [0.717, 1.165) is 11.1 Å². The van der Waals surface area contributed by atoms with Gasteiger partial charge in [0.15, 0.2) is 9.84 Å². The molecular weight excluding hydrogens is 264 g/mol. The SMILES string of the molecule is Cc1cc(C)cc(NC(=O)CS(=O)(=O)CCC#N)c1. The van der Waals surface area contributed by atoms with Crippen molar-refractivity contribution >= 4 is 21.4 Å². The third kappa shape index (κ3) is 5.53. The predicted molar refractivity (Wildman–Crippen MR) is 73.4 cm³/mol. The molecule has 0 bridgehead atoms. The van der Waals surface area contributed by atoms with Crippen molar-refractivity contribution in [3.8, 4) is 6.07 Å².